The van der Waals surface area contributed by atoms with Crippen LogP contribution in [0.4, 0.5) is 5.69 Å². The number of anilines is 1. The molecule has 0 radical (unpaired) electrons. The predicted molar refractivity (Wildman–Crippen MR) is 181 cm³/mol. The molecule has 222 valence electrons. The van der Waals surface area contributed by atoms with Crippen molar-refractivity contribution in [2.45, 2.75) is 33.8 Å². The zero-order valence-corrected chi connectivity index (χ0v) is 26.6. The van der Waals surface area contributed by atoms with Crippen molar-refractivity contribution in [3.8, 4) is 28.4 Å². The first-order chi connectivity index (χ1) is 21.1. The number of aryl methyl sites for hydroxylation is 1. The quantitative estimate of drug-likeness (QED) is 0.146. The summed E-state index contributed by atoms with van der Waals surface area (Å²) in [5.41, 5.74) is 5.49. The van der Waals surface area contributed by atoms with Crippen LogP contribution in [0.1, 0.15) is 30.7 Å². The van der Waals surface area contributed by atoms with Crippen LogP contribution in [-0.4, -0.2) is 35.5 Å². The third kappa shape index (κ3) is 5.31. The molecule has 0 bridgehead atoms. The number of hydrogen-bond acceptors (Lipinski definition) is 6. The van der Waals surface area contributed by atoms with E-state index in [1.807, 2.05) is 119 Å². The van der Waals surface area contributed by atoms with Gasteiger partial charge in [0.2, 0.25) is 0 Å². The van der Waals surface area contributed by atoms with Crippen molar-refractivity contribution in [2.24, 2.45) is 7.05 Å². The zero-order chi connectivity index (χ0) is 31.1. The molecule has 0 N–H and O–H groups in total. The minimum atomic E-state index is -0.346. The molecule has 0 atom stereocenters. The molecular weight excluding hydrogens is 591 g/mol. The molecule has 8 nitrogen and oxygen atoms in total. The molecule has 2 aromatic heterocycles. The summed E-state index contributed by atoms with van der Waals surface area (Å²) in [4.78, 5) is 29.4. The van der Waals surface area contributed by atoms with E-state index in [0.717, 1.165) is 28.1 Å². The Bertz CT molecular complexity index is 1990. The Labute approximate surface area is 265 Å². The van der Waals surface area contributed by atoms with Gasteiger partial charge in [-0.2, -0.15) is 5.10 Å². The molecule has 1 aliphatic heterocycles. The number of carbonyl (C=O) groups excluding carboxylic acids is 1. The Morgan fingerprint density at radius 1 is 0.932 bits per heavy atom. The minimum absolute atomic E-state index is 0.0550. The normalized spacial score (nSPS) is 14.3. The van der Waals surface area contributed by atoms with Gasteiger partial charge >= 0.3 is 0 Å². The molecule has 0 spiro atoms. The van der Waals surface area contributed by atoms with Gasteiger partial charge in [0.15, 0.2) is 4.32 Å². The number of carbonyl (C=O) groups is 1. The van der Waals surface area contributed by atoms with Crippen LogP contribution < -0.4 is 15.2 Å². The molecule has 0 unspecified atom stereocenters. The lowest BCUT2D eigenvalue weighted by Crippen LogP contribution is -2.33. The smallest absolute Gasteiger partial charge is 0.296 e. The molecule has 1 aliphatic rings. The number of ether oxygens (including phenoxy) is 1. The van der Waals surface area contributed by atoms with Crippen LogP contribution >= 0.6 is 24.0 Å². The second-order valence-corrected chi connectivity index (χ2v) is 12.5. The maximum Gasteiger partial charge on any atom is 0.296 e. The summed E-state index contributed by atoms with van der Waals surface area (Å²) in [6, 6.07) is 25.1. The Kier molecular flexibility index (Phi) is 7.87. The van der Waals surface area contributed by atoms with Gasteiger partial charge in [0.05, 0.1) is 28.1 Å². The fourth-order valence-corrected chi connectivity index (χ4v) is 6.49. The molecule has 5 aromatic rings. The van der Waals surface area contributed by atoms with E-state index in [4.69, 9.17) is 22.1 Å². The van der Waals surface area contributed by atoms with Crippen LogP contribution in [0, 0.1) is 13.8 Å². The van der Waals surface area contributed by atoms with E-state index in [1.165, 1.54) is 16.7 Å². The van der Waals surface area contributed by atoms with Crippen molar-refractivity contribution in [3.05, 3.63) is 117 Å². The standard InChI is InChI=1S/C34H31N5O3S2/c1-21(2)42-28-17-16-24(18-22(28)3)30-25(20-37(35-30)26-12-8-6-9-13-26)19-29-32(40)38(34(43)44-29)31-23(4)36(5)39(33(31)41)27-14-10-7-11-15-27/h6-21H,1-5H3/b29-19-. The molecular formula is C34H31N5O3S2. The number of thioether (sulfide) groups is 1. The van der Waals surface area contributed by atoms with Gasteiger partial charge in [-0.25, -0.2) is 9.36 Å². The van der Waals surface area contributed by atoms with Crippen molar-refractivity contribution < 1.29 is 9.53 Å². The van der Waals surface area contributed by atoms with Crippen molar-refractivity contribution in [2.75, 3.05) is 4.90 Å². The average Bonchev–Trinajstić information content (AvgIpc) is 3.62. The molecule has 3 aromatic carbocycles. The highest BCUT2D eigenvalue weighted by Crippen LogP contribution is 2.38. The summed E-state index contributed by atoms with van der Waals surface area (Å²) in [6.45, 7) is 7.81. The van der Waals surface area contributed by atoms with Crippen LogP contribution in [0.3, 0.4) is 0 Å². The Morgan fingerprint density at radius 2 is 1.59 bits per heavy atom. The number of aromatic nitrogens is 4. The summed E-state index contributed by atoms with van der Waals surface area (Å²) in [5.74, 6) is 0.467. The molecule has 6 rings (SSSR count). The molecule has 0 aliphatic carbocycles. The van der Waals surface area contributed by atoms with Gasteiger partial charge in [-0.1, -0.05) is 60.4 Å². The summed E-state index contributed by atoms with van der Waals surface area (Å²) in [7, 11) is 1.80. The topological polar surface area (TPSA) is 74.3 Å². The first-order valence-corrected chi connectivity index (χ1v) is 15.4. The van der Waals surface area contributed by atoms with Gasteiger partial charge in [-0.3, -0.25) is 19.2 Å². The predicted octanol–water partition coefficient (Wildman–Crippen LogP) is 6.84. The number of thiocarbonyl (C=S) groups is 1. The van der Waals surface area contributed by atoms with Crippen molar-refractivity contribution in [1.82, 2.24) is 19.1 Å². The molecule has 1 saturated heterocycles. The van der Waals surface area contributed by atoms with E-state index < -0.39 is 0 Å². The Morgan fingerprint density at radius 3 is 2.23 bits per heavy atom. The maximum atomic E-state index is 14.0. The van der Waals surface area contributed by atoms with E-state index in [1.54, 1.807) is 21.1 Å². The number of benzene rings is 3. The van der Waals surface area contributed by atoms with E-state index in [0.29, 0.717) is 26.3 Å². The number of nitrogens with zero attached hydrogens (tertiary/aromatic N) is 5. The zero-order valence-electron chi connectivity index (χ0n) is 25.0. The van der Waals surface area contributed by atoms with E-state index in [2.05, 4.69) is 0 Å². The number of hydrogen-bond donors (Lipinski definition) is 0. The van der Waals surface area contributed by atoms with Crippen LogP contribution in [-0.2, 0) is 11.8 Å². The third-order valence-electron chi connectivity index (χ3n) is 7.40. The van der Waals surface area contributed by atoms with Gasteiger partial charge in [-0.15, -0.1) is 0 Å². The second kappa shape index (κ2) is 11.8. The fourth-order valence-electron chi connectivity index (χ4n) is 5.23. The van der Waals surface area contributed by atoms with Crippen LogP contribution in [0.5, 0.6) is 5.75 Å². The molecule has 10 heteroatoms. The highest BCUT2D eigenvalue weighted by atomic mass is 32.2. The summed E-state index contributed by atoms with van der Waals surface area (Å²) in [5, 5.41) is 4.93. The fraction of sp³-hybridized carbons (Fsp3) is 0.176. The minimum Gasteiger partial charge on any atom is -0.491 e. The van der Waals surface area contributed by atoms with Crippen LogP contribution in [0.2, 0.25) is 0 Å². The van der Waals surface area contributed by atoms with Crippen molar-refractivity contribution in [1.29, 1.82) is 0 Å². The Balaban J connectivity index is 1.43. The SMILES string of the molecule is Cc1cc(-c2nn(-c3ccccc3)cc2/C=C2\SC(=S)N(c3c(C)n(C)n(-c4ccccc4)c3=O)C2=O)ccc1OC(C)C. The second-order valence-electron chi connectivity index (χ2n) is 10.8. The molecule has 1 amide bonds. The largest absolute Gasteiger partial charge is 0.491 e. The number of para-hydroxylation sites is 2. The van der Waals surface area contributed by atoms with Gasteiger partial charge in [-0.05, 0) is 81.8 Å². The van der Waals surface area contributed by atoms with Gasteiger partial charge in [0.25, 0.3) is 11.5 Å². The lowest BCUT2D eigenvalue weighted by atomic mass is 10.0. The Hall–Kier alpha value is -4.67. The van der Waals surface area contributed by atoms with E-state index >= 15 is 0 Å². The molecule has 1 fully saturated rings. The number of rotatable bonds is 7. The lowest BCUT2D eigenvalue weighted by molar-refractivity contribution is -0.113. The summed E-state index contributed by atoms with van der Waals surface area (Å²) in [6.07, 6.45) is 3.77. The van der Waals surface area contributed by atoms with Crippen molar-refractivity contribution >= 4 is 46.0 Å². The maximum absolute atomic E-state index is 14.0. The molecule has 3 heterocycles. The van der Waals surface area contributed by atoms with Crippen LogP contribution in [0.15, 0.2) is 94.8 Å². The highest BCUT2D eigenvalue weighted by molar-refractivity contribution is 8.27. The first kappa shape index (κ1) is 29.4. The van der Waals surface area contributed by atoms with Gasteiger partial charge in [0.1, 0.15) is 17.1 Å². The van der Waals surface area contributed by atoms with E-state index in [9.17, 15) is 9.59 Å². The molecule has 0 saturated carbocycles. The summed E-state index contributed by atoms with van der Waals surface area (Å²) >= 11 is 6.87. The van der Waals surface area contributed by atoms with Crippen molar-refractivity contribution in [3.63, 3.8) is 0 Å². The lowest BCUT2D eigenvalue weighted by Gasteiger charge is -2.13. The van der Waals surface area contributed by atoms with Gasteiger partial charge in [0, 0.05) is 24.4 Å². The molecule has 44 heavy (non-hydrogen) atoms. The summed E-state index contributed by atoms with van der Waals surface area (Å²) < 4.78 is 11.3. The first-order valence-electron chi connectivity index (χ1n) is 14.2. The monoisotopic (exact) mass is 621 g/mol. The van der Waals surface area contributed by atoms with E-state index in [-0.39, 0.29) is 23.3 Å². The number of amides is 1. The van der Waals surface area contributed by atoms with Crippen LogP contribution in [0.25, 0.3) is 28.7 Å². The third-order valence-corrected chi connectivity index (χ3v) is 8.70. The highest BCUT2D eigenvalue weighted by Gasteiger charge is 2.38. The van der Waals surface area contributed by atoms with Gasteiger partial charge < -0.3 is 4.74 Å². The average molecular weight is 622 g/mol.